The quantitative estimate of drug-likeness (QED) is 0.473. The van der Waals surface area contributed by atoms with Gasteiger partial charge in [-0.1, -0.05) is 44.2 Å². The van der Waals surface area contributed by atoms with Crippen molar-refractivity contribution in [2.45, 2.75) is 59.9 Å². The van der Waals surface area contributed by atoms with Gasteiger partial charge in [0.05, 0.1) is 19.3 Å². The summed E-state index contributed by atoms with van der Waals surface area (Å²) in [4.78, 5) is 0. The van der Waals surface area contributed by atoms with Crippen LogP contribution in [0.2, 0.25) is 0 Å². The SMILES string of the molecule is CCOC(COCC(Cc1ccccc1)CC(C)O)OCC.COCC(C)C. The van der Waals surface area contributed by atoms with Gasteiger partial charge in [-0.2, -0.15) is 0 Å². The second kappa shape index (κ2) is 18.1. The smallest absolute Gasteiger partial charge is 0.180 e. The van der Waals surface area contributed by atoms with Crippen molar-refractivity contribution >= 4 is 0 Å². The number of hydrogen-bond acceptors (Lipinski definition) is 5. The molecular weight excluding hydrogens is 356 g/mol. The van der Waals surface area contributed by atoms with Crippen molar-refractivity contribution in [2.75, 3.05) is 40.1 Å². The first kappa shape index (κ1) is 27.0. The van der Waals surface area contributed by atoms with Crippen LogP contribution in [-0.2, 0) is 25.4 Å². The van der Waals surface area contributed by atoms with Crippen molar-refractivity contribution in [1.29, 1.82) is 0 Å². The monoisotopic (exact) mass is 398 g/mol. The molecule has 0 fully saturated rings. The molecule has 0 aliphatic carbocycles. The number of methoxy groups -OCH3 is 1. The van der Waals surface area contributed by atoms with Gasteiger partial charge in [0.1, 0.15) is 0 Å². The van der Waals surface area contributed by atoms with Crippen LogP contribution in [0.15, 0.2) is 30.3 Å². The summed E-state index contributed by atoms with van der Waals surface area (Å²) in [7, 11) is 1.72. The van der Waals surface area contributed by atoms with E-state index >= 15 is 0 Å². The molecule has 1 aromatic carbocycles. The van der Waals surface area contributed by atoms with Gasteiger partial charge < -0.3 is 24.1 Å². The number of rotatable bonds is 14. The Hall–Kier alpha value is -0.980. The highest BCUT2D eigenvalue weighted by Gasteiger charge is 2.15. The molecule has 5 heteroatoms. The molecule has 0 aliphatic heterocycles. The minimum Gasteiger partial charge on any atom is -0.393 e. The zero-order valence-corrected chi connectivity index (χ0v) is 18.7. The van der Waals surface area contributed by atoms with Crippen molar-refractivity contribution in [3.63, 3.8) is 0 Å². The van der Waals surface area contributed by atoms with Crippen LogP contribution in [0.1, 0.15) is 46.6 Å². The lowest BCUT2D eigenvalue weighted by atomic mass is 9.95. The minimum atomic E-state index is -0.327. The molecule has 0 aromatic heterocycles. The maximum atomic E-state index is 9.67. The normalized spacial score (nSPS) is 13.3. The lowest BCUT2D eigenvalue weighted by molar-refractivity contribution is -0.169. The van der Waals surface area contributed by atoms with Crippen molar-refractivity contribution < 1.29 is 24.1 Å². The number of benzene rings is 1. The highest BCUT2D eigenvalue weighted by Crippen LogP contribution is 2.15. The molecule has 0 heterocycles. The summed E-state index contributed by atoms with van der Waals surface area (Å²) >= 11 is 0. The average Bonchev–Trinajstić information content (AvgIpc) is 2.63. The second-order valence-electron chi connectivity index (χ2n) is 7.37. The molecular formula is C23H42O5. The van der Waals surface area contributed by atoms with E-state index in [-0.39, 0.29) is 18.3 Å². The molecule has 2 unspecified atom stereocenters. The summed E-state index contributed by atoms with van der Waals surface area (Å²) in [5.41, 5.74) is 1.27. The maximum absolute atomic E-state index is 9.67. The number of ether oxygens (including phenoxy) is 4. The predicted octanol–water partition coefficient (Wildman–Crippen LogP) is 4.32. The van der Waals surface area contributed by atoms with Crippen molar-refractivity contribution in [3.8, 4) is 0 Å². The fraction of sp³-hybridized carbons (Fsp3) is 0.739. The Balaban J connectivity index is 0.00000105. The second-order valence-corrected chi connectivity index (χ2v) is 7.37. The first-order chi connectivity index (χ1) is 13.4. The van der Waals surface area contributed by atoms with E-state index in [1.165, 1.54) is 5.56 Å². The van der Waals surface area contributed by atoms with Crippen molar-refractivity contribution in [3.05, 3.63) is 35.9 Å². The molecule has 1 rings (SSSR count). The van der Waals surface area contributed by atoms with Crippen LogP contribution in [0.3, 0.4) is 0 Å². The van der Waals surface area contributed by atoms with Crippen LogP contribution >= 0.6 is 0 Å². The Morgan fingerprint density at radius 2 is 1.50 bits per heavy atom. The zero-order chi connectivity index (χ0) is 21.2. The van der Waals surface area contributed by atoms with Gasteiger partial charge in [-0.3, -0.25) is 0 Å². The van der Waals surface area contributed by atoms with Crippen LogP contribution in [0.4, 0.5) is 0 Å². The van der Waals surface area contributed by atoms with E-state index in [9.17, 15) is 5.11 Å². The highest BCUT2D eigenvalue weighted by molar-refractivity contribution is 5.15. The molecule has 1 aromatic rings. The van der Waals surface area contributed by atoms with E-state index in [0.717, 1.165) is 19.4 Å². The molecule has 28 heavy (non-hydrogen) atoms. The van der Waals surface area contributed by atoms with Crippen LogP contribution in [0.5, 0.6) is 0 Å². The molecule has 5 nitrogen and oxygen atoms in total. The topological polar surface area (TPSA) is 57.2 Å². The van der Waals surface area contributed by atoms with Gasteiger partial charge in [0, 0.05) is 26.9 Å². The predicted molar refractivity (Wildman–Crippen MR) is 115 cm³/mol. The molecule has 0 aliphatic rings. The van der Waals surface area contributed by atoms with E-state index in [0.29, 0.717) is 32.3 Å². The van der Waals surface area contributed by atoms with E-state index in [4.69, 9.17) is 18.9 Å². The summed E-state index contributed by atoms with van der Waals surface area (Å²) in [6.45, 7) is 13.1. The number of hydrogen-bond donors (Lipinski definition) is 1. The molecule has 0 saturated heterocycles. The molecule has 0 radical (unpaired) electrons. The van der Waals surface area contributed by atoms with Crippen LogP contribution in [0, 0.1) is 11.8 Å². The van der Waals surface area contributed by atoms with Gasteiger partial charge in [0.25, 0.3) is 0 Å². The summed E-state index contributed by atoms with van der Waals surface area (Å²) in [6.07, 6.45) is 0.994. The first-order valence-corrected chi connectivity index (χ1v) is 10.4. The fourth-order valence-electron chi connectivity index (χ4n) is 2.82. The average molecular weight is 399 g/mol. The van der Waals surface area contributed by atoms with Crippen LogP contribution in [0.25, 0.3) is 0 Å². The molecule has 1 N–H and O–H groups in total. The Bertz CT molecular complexity index is 430. The number of aliphatic hydroxyl groups is 1. The van der Waals surface area contributed by atoms with Gasteiger partial charge in [0.2, 0.25) is 0 Å². The maximum Gasteiger partial charge on any atom is 0.180 e. The minimum absolute atomic E-state index is 0.284. The van der Waals surface area contributed by atoms with Crippen LogP contribution in [-0.4, -0.2) is 57.6 Å². The third kappa shape index (κ3) is 16.0. The van der Waals surface area contributed by atoms with Gasteiger partial charge in [-0.25, -0.2) is 0 Å². The summed E-state index contributed by atoms with van der Waals surface area (Å²) in [5.74, 6) is 0.960. The molecule has 0 amide bonds. The van der Waals surface area contributed by atoms with Gasteiger partial charge in [-0.05, 0) is 51.0 Å². The lowest BCUT2D eigenvalue weighted by Gasteiger charge is -2.21. The lowest BCUT2D eigenvalue weighted by Crippen LogP contribution is -2.26. The first-order valence-electron chi connectivity index (χ1n) is 10.4. The molecule has 2 atom stereocenters. The van der Waals surface area contributed by atoms with E-state index in [1.54, 1.807) is 7.11 Å². The molecule has 0 bridgehead atoms. The van der Waals surface area contributed by atoms with Gasteiger partial charge in [0.15, 0.2) is 6.29 Å². The molecule has 0 spiro atoms. The zero-order valence-electron chi connectivity index (χ0n) is 18.7. The summed E-state index contributed by atoms with van der Waals surface area (Å²) in [6, 6.07) is 10.3. The fourth-order valence-corrected chi connectivity index (χ4v) is 2.82. The van der Waals surface area contributed by atoms with E-state index < -0.39 is 0 Å². The Kier molecular flexibility index (Phi) is 17.4. The Labute approximate surface area is 172 Å². The Morgan fingerprint density at radius 3 is 1.93 bits per heavy atom. The largest absolute Gasteiger partial charge is 0.393 e. The standard InChI is InChI=1S/C18H30O4.C5H12O/c1-4-21-18(22-5-2)14-20-13-17(11-15(3)19)12-16-9-7-6-8-10-16;1-5(2)4-6-3/h6-10,15,17-19H,4-5,11-14H2,1-3H3;5H,4H2,1-3H3. The molecule has 164 valence electrons. The summed E-state index contributed by atoms with van der Waals surface area (Å²) in [5, 5.41) is 9.67. The van der Waals surface area contributed by atoms with E-state index in [1.807, 2.05) is 39.0 Å². The summed E-state index contributed by atoms with van der Waals surface area (Å²) < 4.78 is 21.5. The van der Waals surface area contributed by atoms with Crippen LogP contribution < -0.4 is 0 Å². The van der Waals surface area contributed by atoms with E-state index in [2.05, 4.69) is 26.0 Å². The van der Waals surface area contributed by atoms with Crippen molar-refractivity contribution in [2.24, 2.45) is 11.8 Å². The third-order valence-electron chi connectivity index (χ3n) is 3.85. The Morgan fingerprint density at radius 1 is 0.893 bits per heavy atom. The van der Waals surface area contributed by atoms with Crippen molar-refractivity contribution in [1.82, 2.24) is 0 Å². The third-order valence-corrected chi connectivity index (χ3v) is 3.85. The van der Waals surface area contributed by atoms with Gasteiger partial charge in [-0.15, -0.1) is 0 Å². The highest BCUT2D eigenvalue weighted by atomic mass is 16.7. The molecule has 0 saturated carbocycles. The number of aliphatic hydroxyl groups excluding tert-OH is 1. The van der Waals surface area contributed by atoms with Gasteiger partial charge >= 0.3 is 0 Å².